The fraction of sp³-hybridized carbons (Fsp3) is 0.400. The van der Waals surface area contributed by atoms with Gasteiger partial charge in [0.2, 0.25) is 0 Å². The third-order valence-electron chi connectivity index (χ3n) is 4.36. The Bertz CT molecular complexity index is 503. The van der Waals surface area contributed by atoms with Gasteiger partial charge in [-0.3, -0.25) is 4.79 Å². The maximum atomic E-state index is 11.2. The van der Waals surface area contributed by atoms with Crippen LogP contribution >= 0.6 is 0 Å². The first-order chi connectivity index (χ1) is 8.12. The molecule has 2 bridgehead atoms. The molecule has 2 heteroatoms. The van der Waals surface area contributed by atoms with Crippen LogP contribution in [0.1, 0.15) is 24.0 Å². The van der Waals surface area contributed by atoms with Gasteiger partial charge in [-0.05, 0) is 36.8 Å². The van der Waals surface area contributed by atoms with Crippen molar-refractivity contribution in [3.8, 4) is 0 Å². The molecular weight excluding hydrogens is 212 g/mol. The van der Waals surface area contributed by atoms with Gasteiger partial charge in [0.1, 0.15) is 0 Å². The summed E-state index contributed by atoms with van der Waals surface area (Å²) < 4.78 is 0. The fourth-order valence-corrected chi connectivity index (χ4v) is 3.55. The van der Waals surface area contributed by atoms with Gasteiger partial charge in [-0.2, -0.15) is 0 Å². The van der Waals surface area contributed by atoms with Gasteiger partial charge < -0.3 is 5.11 Å². The van der Waals surface area contributed by atoms with Gasteiger partial charge in [-0.1, -0.05) is 36.4 Å². The number of carboxylic acid groups (broad SMARTS) is 1. The highest BCUT2D eigenvalue weighted by atomic mass is 16.4. The van der Waals surface area contributed by atoms with Crippen molar-refractivity contribution in [2.75, 3.05) is 0 Å². The molecule has 1 aromatic rings. The second-order valence-electron chi connectivity index (χ2n) is 5.35. The third kappa shape index (κ3) is 1.43. The predicted molar refractivity (Wildman–Crippen MR) is 65.8 cm³/mol. The van der Waals surface area contributed by atoms with E-state index in [0.717, 1.165) is 12.8 Å². The third-order valence-corrected chi connectivity index (χ3v) is 4.36. The summed E-state index contributed by atoms with van der Waals surface area (Å²) in [5.41, 5.74) is 2.56. The number of allylic oxidation sites excluding steroid dienone is 2. The molecule has 0 spiro atoms. The lowest BCUT2D eigenvalue weighted by atomic mass is 9.76. The molecule has 2 aliphatic carbocycles. The fourth-order valence-electron chi connectivity index (χ4n) is 3.55. The zero-order valence-electron chi connectivity index (χ0n) is 9.89. The Kier molecular flexibility index (Phi) is 2.15. The molecule has 2 aliphatic rings. The van der Waals surface area contributed by atoms with Gasteiger partial charge in [-0.15, -0.1) is 0 Å². The lowest BCUT2D eigenvalue weighted by molar-refractivity contribution is -0.142. The minimum absolute atomic E-state index is 0.0148. The minimum atomic E-state index is -0.644. The van der Waals surface area contributed by atoms with E-state index >= 15 is 0 Å². The lowest BCUT2D eigenvalue weighted by Gasteiger charge is -2.27. The lowest BCUT2D eigenvalue weighted by Crippen LogP contribution is -2.24. The highest BCUT2D eigenvalue weighted by molar-refractivity contribution is 5.72. The second kappa shape index (κ2) is 3.46. The molecule has 1 saturated carbocycles. The van der Waals surface area contributed by atoms with E-state index in [9.17, 15) is 9.90 Å². The van der Waals surface area contributed by atoms with Crippen LogP contribution in [0.25, 0.3) is 0 Å². The summed E-state index contributed by atoms with van der Waals surface area (Å²) in [5.74, 6) is -0.610. The molecule has 1 fully saturated rings. The van der Waals surface area contributed by atoms with Crippen LogP contribution in [0.5, 0.6) is 0 Å². The molecule has 0 radical (unpaired) electrons. The van der Waals surface area contributed by atoms with Crippen LogP contribution in [0.3, 0.4) is 0 Å². The number of aliphatic carboxylic acids is 1. The molecule has 1 aromatic carbocycles. The Labute approximate surface area is 101 Å². The molecule has 2 nitrogen and oxygen atoms in total. The van der Waals surface area contributed by atoms with Gasteiger partial charge in [0.25, 0.3) is 0 Å². The summed E-state index contributed by atoms with van der Waals surface area (Å²) in [5, 5.41) is 9.23. The topological polar surface area (TPSA) is 37.3 Å². The molecule has 0 aromatic heterocycles. The van der Waals surface area contributed by atoms with Crippen LogP contribution in [0.15, 0.2) is 36.4 Å². The first-order valence-corrected chi connectivity index (χ1v) is 6.11. The number of rotatable bonds is 2. The monoisotopic (exact) mass is 228 g/mol. The number of fused-ring (bicyclic) bond motifs is 2. The standard InChI is InChI=1S/C15H16O2/c1-10-4-2-3-5-13(10)15-7-6-11(8-15)12(9-15)14(16)17/h2-7,11-12H,8-9H2,1H3,(H,16,17). The van der Waals surface area contributed by atoms with Crippen molar-refractivity contribution in [2.24, 2.45) is 11.8 Å². The molecule has 17 heavy (non-hydrogen) atoms. The minimum Gasteiger partial charge on any atom is -0.481 e. The molecule has 0 saturated heterocycles. The van der Waals surface area contributed by atoms with E-state index in [1.165, 1.54) is 11.1 Å². The van der Waals surface area contributed by atoms with E-state index in [1.807, 2.05) is 12.1 Å². The van der Waals surface area contributed by atoms with Crippen LogP contribution < -0.4 is 0 Å². The molecule has 3 atom stereocenters. The van der Waals surface area contributed by atoms with Crippen molar-refractivity contribution >= 4 is 5.97 Å². The van der Waals surface area contributed by atoms with Crippen molar-refractivity contribution in [2.45, 2.75) is 25.2 Å². The Morgan fingerprint density at radius 1 is 1.35 bits per heavy atom. The molecule has 0 amide bonds. The Hall–Kier alpha value is -1.57. The SMILES string of the molecule is Cc1ccccc1C12C=CC(C1)C(C(=O)O)C2. The van der Waals surface area contributed by atoms with Gasteiger partial charge in [0.05, 0.1) is 5.92 Å². The first-order valence-electron chi connectivity index (χ1n) is 6.11. The maximum absolute atomic E-state index is 11.2. The number of aryl methyl sites for hydroxylation is 1. The summed E-state index contributed by atoms with van der Waals surface area (Å²) in [6.07, 6.45) is 6.07. The summed E-state index contributed by atoms with van der Waals surface area (Å²) in [6.45, 7) is 2.11. The Balaban J connectivity index is 2.03. The van der Waals surface area contributed by atoms with Crippen LogP contribution in [0.4, 0.5) is 0 Å². The van der Waals surface area contributed by atoms with Gasteiger partial charge in [0.15, 0.2) is 0 Å². The second-order valence-corrected chi connectivity index (χ2v) is 5.35. The van der Waals surface area contributed by atoms with Crippen molar-refractivity contribution in [1.82, 2.24) is 0 Å². The number of benzene rings is 1. The Morgan fingerprint density at radius 3 is 2.76 bits per heavy atom. The van der Waals surface area contributed by atoms with Crippen LogP contribution in [-0.4, -0.2) is 11.1 Å². The van der Waals surface area contributed by atoms with Crippen LogP contribution in [0.2, 0.25) is 0 Å². The van der Waals surface area contributed by atoms with E-state index in [2.05, 4.69) is 31.2 Å². The van der Waals surface area contributed by atoms with Crippen molar-refractivity contribution in [1.29, 1.82) is 0 Å². The van der Waals surface area contributed by atoms with Crippen LogP contribution in [-0.2, 0) is 10.2 Å². The molecule has 0 aliphatic heterocycles. The van der Waals surface area contributed by atoms with E-state index in [-0.39, 0.29) is 17.3 Å². The van der Waals surface area contributed by atoms with Gasteiger partial charge >= 0.3 is 5.97 Å². The molecule has 88 valence electrons. The van der Waals surface area contributed by atoms with Crippen molar-refractivity contribution in [3.05, 3.63) is 47.5 Å². The highest BCUT2D eigenvalue weighted by Crippen LogP contribution is 2.54. The van der Waals surface area contributed by atoms with Crippen molar-refractivity contribution in [3.63, 3.8) is 0 Å². The average Bonchev–Trinajstić information content (AvgIpc) is 2.88. The zero-order valence-corrected chi connectivity index (χ0v) is 9.89. The first kappa shape index (κ1) is 10.6. The summed E-state index contributed by atoms with van der Waals surface area (Å²) in [7, 11) is 0. The zero-order chi connectivity index (χ0) is 12.0. The van der Waals surface area contributed by atoms with E-state index in [4.69, 9.17) is 0 Å². The summed E-state index contributed by atoms with van der Waals surface area (Å²) in [6, 6.07) is 8.34. The number of hydrogen-bond donors (Lipinski definition) is 1. The van der Waals surface area contributed by atoms with E-state index in [1.54, 1.807) is 0 Å². The average molecular weight is 228 g/mol. The highest BCUT2D eigenvalue weighted by Gasteiger charge is 2.50. The molecule has 3 unspecified atom stereocenters. The van der Waals surface area contributed by atoms with Gasteiger partial charge in [-0.25, -0.2) is 0 Å². The summed E-state index contributed by atoms with van der Waals surface area (Å²) in [4.78, 5) is 11.2. The van der Waals surface area contributed by atoms with E-state index < -0.39 is 5.97 Å². The molecule has 3 rings (SSSR count). The number of hydrogen-bond acceptors (Lipinski definition) is 1. The number of carboxylic acids is 1. The molecule has 1 N–H and O–H groups in total. The summed E-state index contributed by atoms with van der Waals surface area (Å²) >= 11 is 0. The Morgan fingerprint density at radius 2 is 2.12 bits per heavy atom. The van der Waals surface area contributed by atoms with Gasteiger partial charge in [0, 0.05) is 5.41 Å². The normalized spacial score (nSPS) is 34.2. The van der Waals surface area contributed by atoms with Crippen molar-refractivity contribution < 1.29 is 9.90 Å². The molecular formula is C15H16O2. The molecule has 0 heterocycles. The van der Waals surface area contributed by atoms with Crippen LogP contribution in [0, 0.1) is 18.8 Å². The smallest absolute Gasteiger partial charge is 0.307 e. The predicted octanol–water partition coefficient (Wildman–Crippen LogP) is 2.91. The quantitative estimate of drug-likeness (QED) is 0.790. The maximum Gasteiger partial charge on any atom is 0.307 e. The van der Waals surface area contributed by atoms with E-state index in [0.29, 0.717) is 0 Å². The largest absolute Gasteiger partial charge is 0.481 e. The number of carbonyl (C=O) groups is 1.